The molecular weight excluding hydrogens is 296 g/mol. The fourth-order valence-electron chi connectivity index (χ4n) is 2.88. The minimum atomic E-state index is 0.696. The molecule has 22 heavy (non-hydrogen) atoms. The quantitative estimate of drug-likeness (QED) is 0.565. The number of halogens is 1. The van der Waals surface area contributed by atoms with Crippen molar-refractivity contribution in [2.24, 2.45) is 0 Å². The summed E-state index contributed by atoms with van der Waals surface area (Å²) >= 11 is 6.56. The molecule has 0 aliphatic heterocycles. The summed E-state index contributed by atoms with van der Waals surface area (Å²) in [4.78, 5) is 8.60. The van der Waals surface area contributed by atoms with Crippen LogP contribution in [0, 0.1) is 13.8 Å². The van der Waals surface area contributed by atoms with Crippen molar-refractivity contribution in [3.63, 3.8) is 0 Å². The molecule has 4 rings (SSSR count). The van der Waals surface area contributed by atoms with Crippen LogP contribution >= 0.6 is 11.6 Å². The van der Waals surface area contributed by atoms with Gasteiger partial charge in [0.05, 0.1) is 17.2 Å². The molecule has 0 saturated carbocycles. The molecule has 0 atom stereocenters. The van der Waals surface area contributed by atoms with Crippen molar-refractivity contribution >= 4 is 33.4 Å². The first-order chi connectivity index (χ1) is 10.6. The Bertz CT molecular complexity index is 1020. The van der Waals surface area contributed by atoms with Gasteiger partial charge in [0.2, 0.25) is 0 Å². The molecular formula is C17H13ClN4. The molecule has 0 fully saturated rings. The zero-order valence-electron chi connectivity index (χ0n) is 12.2. The first-order valence-corrected chi connectivity index (χ1v) is 7.37. The number of H-pyrrole nitrogens is 1. The average molecular weight is 309 g/mol. The molecule has 0 aliphatic carbocycles. The summed E-state index contributed by atoms with van der Waals surface area (Å²) in [5.74, 6) is 0. The Morgan fingerprint density at radius 3 is 2.77 bits per heavy atom. The number of hydrogen-bond acceptors (Lipinski definition) is 3. The number of fused-ring (bicyclic) bond motifs is 2. The molecule has 2 aromatic carbocycles. The van der Waals surface area contributed by atoms with Crippen molar-refractivity contribution in [3.05, 3.63) is 53.1 Å². The maximum Gasteiger partial charge on any atom is 0.116 e. The monoisotopic (exact) mass is 308 g/mol. The van der Waals surface area contributed by atoms with E-state index in [2.05, 4.69) is 33.2 Å². The SMILES string of the molecule is Cc1ccc2[nH]ncc2c1-c1cc2ncnc(C)c2cc1Cl. The van der Waals surface area contributed by atoms with Gasteiger partial charge < -0.3 is 0 Å². The van der Waals surface area contributed by atoms with E-state index >= 15 is 0 Å². The van der Waals surface area contributed by atoms with Gasteiger partial charge in [0.15, 0.2) is 0 Å². The number of aromatic nitrogens is 4. The lowest BCUT2D eigenvalue weighted by Crippen LogP contribution is -1.91. The number of nitrogens with zero attached hydrogens (tertiary/aromatic N) is 3. The van der Waals surface area contributed by atoms with E-state index in [-0.39, 0.29) is 0 Å². The van der Waals surface area contributed by atoms with Crippen LogP contribution in [0.25, 0.3) is 32.9 Å². The number of aryl methyl sites for hydroxylation is 2. The van der Waals surface area contributed by atoms with E-state index in [9.17, 15) is 0 Å². The van der Waals surface area contributed by atoms with Gasteiger partial charge >= 0.3 is 0 Å². The van der Waals surface area contributed by atoms with Crippen LogP contribution in [0.15, 0.2) is 36.8 Å². The number of benzene rings is 2. The fourth-order valence-corrected chi connectivity index (χ4v) is 3.14. The van der Waals surface area contributed by atoms with E-state index in [1.165, 1.54) is 0 Å². The summed E-state index contributed by atoms with van der Waals surface area (Å²) in [6.07, 6.45) is 3.42. The molecule has 1 N–H and O–H groups in total. The van der Waals surface area contributed by atoms with Crippen LogP contribution in [-0.4, -0.2) is 20.2 Å². The fraction of sp³-hybridized carbons (Fsp3) is 0.118. The van der Waals surface area contributed by atoms with Gasteiger partial charge in [0.25, 0.3) is 0 Å². The summed E-state index contributed by atoms with van der Waals surface area (Å²) in [5.41, 5.74) is 6.03. The van der Waals surface area contributed by atoms with Crippen LogP contribution in [0.2, 0.25) is 5.02 Å². The Morgan fingerprint density at radius 2 is 1.91 bits per heavy atom. The molecule has 2 aromatic heterocycles. The van der Waals surface area contributed by atoms with Gasteiger partial charge in [0.1, 0.15) is 6.33 Å². The van der Waals surface area contributed by atoms with Crippen molar-refractivity contribution in [3.8, 4) is 11.1 Å². The predicted octanol–water partition coefficient (Wildman–Crippen LogP) is 4.44. The van der Waals surface area contributed by atoms with E-state index in [0.29, 0.717) is 5.02 Å². The third kappa shape index (κ3) is 1.88. The normalized spacial score (nSPS) is 11.4. The third-order valence-electron chi connectivity index (χ3n) is 4.03. The topological polar surface area (TPSA) is 54.5 Å². The second kappa shape index (κ2) is 4.78. The molecule has 5 heteroatoms. The van der Waals surface area contributed by atoms with Crippen molar-refractivity contribution in [1.29, 1.82) is 0 Å². The molecule has 108 valence electrons. The average Bonchev–Trinajstić information content (AvgIpc) is 2.96. The largest absolute Gasteiger partial charge is 0.278 e. The first kappa shape index (κ1) is 13.2. The summed E-state index contributed by atoms with van der Waals surface area (Å²) in [6, 6.07) is 8.07. The number of hydrogen-bond donors (Lipinski definition) is 1. The van der Waals surface area contributed by atoms with E-state index in [1.54, 1.807) is 6.33 Å². The Hall–Kier alpha value is -2.46. The van der Waals surface area contributed by atoms with E-state index in [1.807, 2.05) is 31.3 Å². The number of rotatable bonds is 1. The van der Waals surface area contributed by atoms with Gasteiger partial charge in [-0.05, 0) is 43.2 Å². The molecule has 0 radical (unpaired) electrons. The minimum Gasteiger partial charge on any atom is -0.278 e. The Balaban J connectivity index is 2.10. The lowest BCUT2D eigenvalue weighted by molar-refractivity contribution is 1.12. The molecule has 2 heterocycles. The molecule has 0 saturated heterocycles. The lowest BCUT2D eigenvalue weighted by Gasteiger charge is -2.11. The van der Waals surface area contributed by atoms with Crippen molar-refractivity contribution in [2.75, 3.05) is 0 Å². The highest BCUT2D eigenvalue weighted by Gasteiger charge is 2.14. The molecule has 0 aliphatic rings. The lowest BCUT2D eigenvalue weighted by atomic mass is 9.96. The number of nitrogens with one attached hydrogen (secondary N) is 1. The molecule has 0 spiro atoms. The van der Waals surface area contributed by atoms with E-state index in [4.69, 9.17) is 11.6 Å². The van der Waals surface area contributed by atoms with Crippen LogP contribution < -0.4 is 0 Å². The van der Waals surface area contributed by atoms with Crippen molar-refractivity contribution in [1.82, 2.24) is 20.2 Å². The number of aromatic amines is 1. The van der Waals surface area contributed by atoms with E-state index < -0.39 is 0 Å². The van der Waals surface area contributed by atoms with Crippen LogP contribution in [-0.2, 0) is 0 Å². The molecule has 0 bridgehead atoms. The van der Waals surface area contributed by atoms with Gasteiger partial charge in [-0.1, -0.05) is 17.7 Å². The predicted molar refractivity (Wildman–Crippen MR) is 89.1 cm³/mol. The highest BCUT2D eigenvalue weighted by atomic mass is 35.5. The Morgan fingerprint density at radius 1 is 1.05 bits per heavy atom. The van der Waals surface area contributed by atoms with Crippen LogP contribution in [0.5, 0.6) is 0 Å². The summed E-state index contributed by atoms with van der Waals surface area (Å²) in [7, 11) is 0. The maximum atomic E-state index is 6.56. The molecule has 0 unspecified atom stereocenters. The Kier molecular flexibility index (Phi) is 2.87. The summed E-state index contributed by atoms with van der Waals surface area (Å²) in [6.45, 7) is 4.04. The minimum absolute atomic E-state index is 0.696. The van der Waals surface area contributed by atoms with Crippen molar-refractivity contribution in [2.45, 2.75) is 13.8 Å². The maximum absolute atomic E-state index is 6.56. The molecule has 4 nitrogen and oxygen atoms in total. The van der Waals surface area contributed by atoms with Gasteiger partial charge in [-0.2, -0.15) is 5.10 Å². The smallest absolute Gasteiger partial charge is 0.116 e. The molecule has 4 aromatic rings. The van der Waals surface area contributed by atoms with Crippen LogP contribution in [0.4, 0.5) is 0 Å². The van der Waals surface area contributed by atoms with Gasteiger partial charge in [-0.15, -0.1) is 0 Å². The van der Waals surface area contributed by atoms with Crippen LogP contribution in [0.1, 0.15) is 11.3 Å². The second-order valence-corrected chi connectivity index (χ2v) is 5.80. The Labute approximate surface area is 132 Å². The van der Waals surface area contributed by atoms with Gasteiger partial charge in [0, 0.05) is 27.1 Å². The summed E-state index contributed by atoms with van der Waals surface area (Å²) < 4.78 is 0. The van der Waals surface area contributed by atoms with Gasteiger partial charge in [-0.25, -0.2) is 9.97 Å². The summed E-state index contributed by atoms with van der Waals surface area (Å²) in [5, 5.41) is 9.88. The first-order valence-electron chi connectivity index (χ1n) is 6.99. The third-order valence-corrected chi connectivity index (χ3v) is 4.34. The van der Waals surface area contributed by atoms with Crippen LogP contribution in [0.3, 0.4) is 0 Å². The highest BCUT2D eigenvalue weighted by molar-refractivity contribution is 6.34. The molecule has 0 amide bonds. The standard InChI is InChI=1S/C17H13ClN4/c1-9-3-4-15-13(7-21-22-15)17(9)12-6-16-11(5-14(12)18)10(2)19-8-20-16/h3-8H,1-2H3,(H,21,22). The highest BCUT2D eigenvalue weighted by Crippen LogP contribution is 2.37. The second-order valence-electron chi connectivity index (χ2n) is 5.40. The van der Waals surface area contributed by atoms with E-state index in [0.717, 1.165) is 44.2 Å². The van der Waals surface area contributed by atoms with Gasteiger partial charge in [-0.3, -0.25) is 5.10 Å². The zero-order valence-corrected chi connectivity index (χ0v) is 12.9. The zero-order chi connectivity index (χ0) is 15.3. The van der Waals surface area contributed by atoms with Crippen molar-refractivity contribution < 1.29 is 0 Å².